The third-order valence-electron chi connectivity index (χ3n) is 10.0. The minimum Gasteiger partial charge on any atom is -0.481 e. The zero-order valence-corrected chi connectivity index (χ0v) is 32.8. The van der Waals surface area contributed by atoms with Crippen molar-refractivity contribution in [1.29, 1.82) is 0 Å². The van der Waals surface area contributed by atoms with Gasteiger partial charge in [-0.15, -0.1) is 0 Å². The molecule has 8 amide bonds. The lowest BCUT2D eigenvalue weighted by Gasteiger charge is -2.32. The number of carbonyl (C=O) groups is 10. The van der Waals surface area contributed by atoms with Crippen LogP contribution in [0.2, 0.25) is 0 Å². The average molecular weight is 813 g/mol. The topological polar surface area (TPSA) is 301 Å². The molecule has 2 fully saturated rings. The molecule has 58 heavy (non-hydrogen) atoms. The first-order valence-corrected chi connectivity index (χ1v) is 19.8. The fourth-order valence-electron chi connectivity index (χ4n) is 6.88. The Morgan fingerprint density at radius 2 is 1.50 bits per heavy atom. The van der Waals surface area contributed by atoms with Gasteiger partial charge in [0.1, 0.15) is 24.2 Å². The Morgan fingerprint density at radius 3 is 2.16 bits per heavy atom. The molecule has 318 valence electrons. The predicted molar refractivity (Wildman–Crippen MR) is 207 cm³/mol. The van der Waals surface area contributed by atoms with Crippen LogP contribution in [0.3, 0.4) is 0 Å². The van der Waals surface area contributed by atoms with Crippen molar-refractivity contribution >= 4 is 59.0 Å². The summed E-state index contributed by atoms with van der Waals surface area (Å²) in [5, 5.41) is 27.1. The minimum absolute atomic E-state index is 0.0266. The molecule has 0 radical (unpaired) electrons. The van der Waals surface area contributed by atoms with Gasteiger partial charge in [0.25, 0.3) is 5.91 Å². The number of carbonyl (C=O) groups excluding carboxylic acids is 9. The molecular weight excluding hydrogens is 756 g/mol. The van der Waals surface area contributed by atoms with Gasteiger partial charge in [-0.1, -0.05) is 62.9 Å². The van der Waals surface area contributed by atoms with Crippen LogP contribution in [-0.4, -0.2) is 101 Å². The van der Waals surface area contributed by atoms with E-state index < -0.39 is 102 Å². The number of nitrogens with one attached hydrogen (secondary N) is 7. The maximum absolute atomic E-state index is 14.1. The Morgan fingerprint density at radius 1 is 0.828 bits per heavy atom. The Labute approximate surface area is 336 Å². The Balaban J connectivity index is 1.79. The van der Waals surface area contributed by atoms with Gasteiger partial charge in [0.05, 0.1) is 12.6 Å². The number of amides is 8. The summed E-state index contributed by atoms with van der Waals surface area (Å²) in [6.45, 7) is 1.23. The number of aliphatic carboxylic acids is 1. The summed E-state index contributed by atoms with van der Waals surface area (Å²) in [5.41, 5.74) is 5.86. The molecule has 1 unspecified atom stereocenters. The minimum atomic E-state index is -1.35. The molecule has 19 nitrogen and oxygen atoms in total. The highest BCUT2D eigenvalue weighted by Crippen LogP contribution is 2.27. The summed E-state index contributed by atoms with van der Waals surface area (Å²) >= 11 is 0. The Bertz CT molecular complexity index is 1650. The van der Waals surface area contributed by atoms with E-state index in [-0.39, 0.29) is 44.6 Å². The molecule has 1 aliphatic carbocycles. The van der Waals surface area contributed by atoms with Crippen molar-refractivity contribution in [1.82, 2.24) is 37.2 Å². The van der Waals surface area contributed by atoms with Gasteiger partial charge in [-0.25, -0.2) is 0 Å². The van der Waals surface area contributed by atoms with Crippen molar-refractivity contribution in [2.75, 3.05) is 13.1 Å². The monoisotopic (exact) mass is 812 g/mol. The van der Waals surface area contributed by atoms with Crippen LogP contribution in [0.15, 0.2) is 30.3 Å². The first-order chi connectivity index (χ1) is 27.7. The second-order valence-electron chi connectivity index (χ2n) is 14.6. The summed E-state index contributed by atoms with van der Waals surface area (Å²) in [6, 6.07) is 1.88. The number of carboxylic acids is 1. The van der Waals surface area contributed by atoms with E-state index in [9.17, 15) is 53.1 Å². The SMILES string of the molecule is CCCC(NC(=O)[C@@H]1CCCCNC(=O)CCC(=O)N[C@H](CCC(=O)O)C(=O)N[C@@H](C2CCCCC2)C(=O)N1)C(=O)C(=O)NCC(=O)N[C@H](C(N)=O)c1ccccc1. The second kappa shape index (κ2) is 24.0. The molecular formula is C39H56N8O11. The number of benzene rings is 1. The van der Waals surface area contributed by atoms with Gasteiger partial charge in [-0.3, -0.25) is 47.9 Å². The number of Topliss-reactive ketones (excluding diaryl/α,β-unsaturated/α-hetero) is 1. The van der Waals surface area contributed by atoms with Crippen LogP contribution in [-0.2, 0) is 47.9 Å². The van der Waals surface area contributed by atoms with E-state index in [1.807, 2.05) is 0 Å². The summed E-state index contributed by atoms with van der Waals surface area (Å²) < 4.78 is 0. The van der Waals surface area contributed by atoms with Crippen LogP contribution in [0.1, 0.15) is 108 Å². The number of hydrogen-bond acceptors (Lipinski definition) is 10. The van der Waals surface area contributed by atoms with Gasteiger partial charge in [0.2, 0.25) is 47.1 Å². The van der Waals surface area contributed by atoms with E-state index in [1.54, 1.807) is 37.3 Å². The van der Waals surface area contributed by atoms with Crippen molar-refractivity contribution in [3.63, 3.8) is 0 Å². The molecule has 0 bridgehead atoms. The maximum atomic E-state index is 14.1. The van der Waals surface area contributed by atoms with E-state index in [4.69, 9.17) is 5.73 Å². The first-order valence-electron chi connectivity index (χ1n) is 19.8. The summed E-state index contributed by atoms with van der Waals surface area (Å²) in [6.07, 6.45) is 3.53. The summed E-state index contributed by atoms with van der Waals surface area (Å²) in [5.74, 6) is -8.81. The van der Waals surface area contributed by atoms with Crippen molar-refractivity contribution in [3.05, 3.63) is 35.9 Å². The van der Waals surface area contributed by atoms with Gasteiger partial charge >= 0.3 is 5.97 Å². The highest BCUT2D eigenvalue weighted by atomic mass is 16.4. The van der Waals surface area contributed by atoms with Gasteiger partial charge in [-0.2, -0.15) is 0 Å². The van der Waals surface area contributed by atoms with Crippen molar-refractivity contribution in [3.8, 4) is 0 Å². The third kappa shape index (κ3) is 15.6. The fraction of sp³-hybridized carbons (Fsp3) is 0.590. The molecule has 1 saturated carbocycles. The maximum Gasteiger partial charge on any atom is 0.303 e. The summed E-state index contributed by atoms with van der Waals surface area (Å²) in [4.78, 5) is 129. The molecule has 1 aromatic carbocycles. The number of hydrogen-bond donors (Lipinski definition) is 9. The summed E-state index contributed by atoms with van der Waals surface area (Å²) in [7, 11) is 0. The molecule has 1 aliphatic heterocycles. The van der Waals surface area contributed by atoms with E-state index >= 15 is 0 Å². The standard InChI is InChI=1S/C39H56N8O11/c1-2-11-25(34(53)39(58)42-22-30(50)46-32(35(40)54)23-12-5-3-6-13-23)44-36(55)26-16-9-10-21-41-28(48)18-19-29(49)43-27(17-20-31(51)52)37(56)47-33(38(57)45-26)24-14-7-4-8-15-24/h3,5-6,12-13,24-27,32-33H,2,4,7-11,14-22H2,1H3,(H2,40,54)(H,41,48)(H,42,58)(H,43,49)(H,44,55)(H,45,57)(H,46,50)(H,47,56)(H,51,52)/t25?,26-,27+,32-,33-/m0/s1. The molecule has 0 spiro atoms. The average Bonchev–Trinajstić information content (AvgIpc) is 3.20. The second-order valence-corrected chi connectivity index (χ2v) is 14.6. The van der Waals surface area contributed by atoms with Crippen LogP contribution in [0.25, 0.3) is 0 Å². The lowest BCUT2D eigenvalue weighted by atomic mass is 9.83. The Hall–Kier alpha value is -5.88. The molecule has 10 N–H and O–H groups in total. The van der Waals surface area contributed by atoms with Crippen LogP contribution in [0.4, 0.5) is 0 Å². The van der Waals surface area contributed by atoms with Crippen LogP contribution in [0, 0.1) is 5.92 Å². The molecule has 19 heteroatoms. The highest BCUT2D eigenvalue weighted by molar-refractivity contribution is 6.38. The van der Waals surface area contributed by atoms with Gasteiger partial charge in [-0.05, 0) is 56.4 Å². The molecule has 0 aromatic heterocycles. The van der Waals surface area contributed by atoms with E-state index in [0.29, 0.717) is 37.7 Å². The van der Waals surface area contributed by atoms with E-state index in [0.717, 1.165) is 19.3 Å². The number of rotatable bonds is 15. The third-order valence-corrected chi connectivity index (χ3v) is 10.0. The quantitative estimate of drug-likeness (QED) is 0.0996. The van der Waals surface area contributed by atoms with Gasteiger partial charge < -0.3 is 48.1 Å². The Kier molecular flexibility index (Phi) is 19.3. The molecule has 5 atom stereocenters. The van der Waals surface area contributed by atoms with E-state index in [1.165, 1.54) is 0 Å². The normalized spacial score (nSPS) is 21.3. The largest absolute Gasteiger partial charge is 0.481 e. The van der Waals surface area contributed by atoms with Crippen LogP contribution in [0.5, 0.6) is 0 Å². The fourth-order valence-corrected chi connectivity index (χ4v) is 6.88. The molecule has 1 heterocycles. The smallest absolute Gasteiger partial charge is 0.303 e. The molecule has 3 rings (SSSR count). The lowest BCUT2D eigenvalue weighted by Crippen LogP contribution is -2.60. The van der Waals surface area contributed by atoms with Crippen molar-refractivity contribution in [2.45, 2.75) is 127 Å². The zero-order valence-electron chi connectivity index (χ0n) is 32.8. The number of nitrogens with two attached hydrogens (primary N) is 1. The van der Waals surface area contributed by atoms with Gasteiger partial charge in [0.15, 0.2) is 0 Å². The number of carboxylic acid groups (broad SMARTS) is 1. The molecule has 2 aliphatic rings. The molecule has 1 saturated heterocycles. The van der Waals surface area contributed by atoms with Crippen LogP contribution < -0.4 is 43.0 Å². The lowest BCUT2D eigenvalue weighted by molar-refractivity contribution is -0.141. The number of ketones is 1. The number of primary amides is 1. The van der Waals surface area contributed by atoms with Crippen molar-refractivity contribution in [2.24, 2.45) is 11.7 Å². The predicted octanol–water partition coefficient (Wildman–Crippen LogP) is -0.721. The molecule has 1 aromatic rings. The van der Waals surface area contributed by atoms with E-state index in [2.05, 4.69) is 37.2 Å². The van der Waals surface area contributed by atoms with Crippen molar-refractivity contribution < 1.29 is 53.1 Å². The van der Waals surface area contributed by atoms with Crippen LogP contribution >= 0.6 is 0 Å². The zero-order chi connectivity index (χ0) is 42.6. The first kappa shape index (κ1) is 46.5. The highest BCUT2D eigenvalue weighted by Gasteiger charge is 2.36. The van der Waals surface area contributed by atoms with Gasteiger partial charge in [0, 0.05) is 25.8 Å².